The van der Waals surface area contributed by atoms with Gasteiger partial charge in [0, 0.05) is 18.0 Å². The molecule has 2 aromatic heterocycles. The summed E-state index contributed by atoms with van der Waals surface area (Å²) in [6, 6.07) is 3.58. The van der Waals surface area contributed by atoms with Crippen LogP contribution in [0.4, 0.5) is 0 Å². The number of hydrogen-bond acceptors (Lipinski definition) is 5. The van der Waals surface area contributed by atoms with E-state index in [1.165, 1.54) is 4.68 Å². The SMILES string of the molecule is CC(C)CC(Cn1nnnc1-c1ccncc1)C(=O)O. The number of hydrogen-bond donors (Lipinski definition) is 1. The number of pyridine rings is 1. The zero-order valence-corrected chi connectivity index (χ0v) is 11.5. The Morgan fingerprint density at radius 1 is 1.35 bits per heavy atom. The van der Waals surface area contributed by atoms with Crippen LogP contribution in [0.15, 0.2) is 24.5 Å². The minimum atomic E-state index is -0.824. The van der Waals surface area contributed by atoms with Gasteiger partial charge in [-0.3, -0.25) is 9.78 Å². The average molecular weight is 275 g/mol. The lowest BCUT2D eigenvalue weighted by atomic mass is 9.97. The van der Waals surface area contributed by atoms with Crippen LogP contribution in [0, 0.1) is 11.8 Å². The van der Waals surface area contributed by atoms with Crippen LogP contribution in [0.3, 0.4) is 0 Å². The van der Waals surface area contributed by atoms with Gasteiger partial charge in [-0.05, 0) is 34.9 Å². The number of rotatable bonds is 6. The van der Waals surface area contributed by atoms with Crippen LogP contribution >= 0.6 is 0 Å². The lowest BCUT2D eigenvalue weighted by Crippen LogP contribution is -2.23. The summed E-state index contributed by atoms with van der Waals surface area (Å²) in [5.41, 5.74) is 0.818. The van der Waals surface area contributed by atoms with E-state index in [4.69, 9.17) is 0 Å². The van der Waals surface area contributed by atoms with Gasteiger partial charge in [-0.2, -0.15) is 0 Å². The van der Waals surface area contributed by atoms with E-state index in [1.807, 2.05) is 13.8 Å². The smallest absolute Gasteiger partial charge is 0.308 e. The van der Waals surface area contributed by atoms with Gasteiger partial charge in [0.2, 0.25) is 0 Å². The fourth-order valence-electron chi connectivity index (χ4n) is 2.07. The van der Waals surface area contributed by atoms with Crippen molar-refractivity contribution in [3.63, 3.8) is 0 Å². The summed E-state index contributed by atoms with van der Waals surface area (Å²) in [5.74, 6) is -0.465. The molecular weight excluding hydrogens is 258 g/mol. The largest absolute Gasteiger partial charge is 0.481 e. The molecule has 0 aliphatic rings. The molecular formula is C13H17N5O2. The summed E-state index contributed by atoms with van der Waals surface area (Å²) < 4.78 is 1.54. The highest BCUT2D eigenvalue weighted by molar-refractivity contribution is 5.70. The van der Waals surface area contributed by atoms with Crippen molar-refractivity contribution in [3.8, 4) is 11.4 Å². The van der Waals surface area contributed by atoms with Crippen LogP contribution in [0.5, 0.6) is 0 Å². The quantitative estimate of drug-likeness (QED) is 0.858. The standard InChI is InChI=1S/C13H17N5O2/c1-9(2)7-11(13(19)20)8-18-12(15-16-17-18)10-3-5-14-6-4-10/h3-6,9,11H,7-8H2,1-2H3,(H,19,20). The zero-order chi connectivity index (χ0) is 14.5. The molecule has 0 bridgehead atoms. The van der Waals surface area contributed by atoms with Crippen molar-refractivity contribution in [3.05, 3.63) is 24.5 Å². The van der Waals surface area contributed by atoms with E-state index < -0.39 is 11.9 Å². The second-order valence-electron chi connectivity index (χ2n) is 5.09. The maximum atomic E-state index is 11.3. The molecule has 0 aliphatic heterocycles. The first-order chi connectivity index (χ1) is 9.58. The molecule has 2 heterocycles. The van der Waals surface area contributed by atoms with Crippen LogP contribution in [-0.2, 0) is 11.3 Å². The molecule has 2 aromatic rings. The van der Waals surface area contributed by atoms with Crippen molar-refractivity contribution in [2.75, 3.05) is 0 Å². The number of carboxylic acid groups (broad SMARTS) is 1. The number of tetrazole rings is 1. The molecule has 106 valence electrons. The van der Waals surface area contributed by atoms with Gasteiger partial charge in [0.15, 0.2) is 5.82 Å². The van der Waals surface area contributed by atoms with Crippen LogP contribution in [0.25, 0.3) is 11.4 Å². The number of aliphatic carboxylic acids is 1. The third-order valence-corrected chi connectivity index (χ3v) is 2.97. The van der Waals surface area contributed by atoms with E-state index in [-0.39, 0.29) is 6.54 Å². The lowest BCUT2D eigenvalue weighted by molar-refractivity contribution is -0.142. The highest BCUT2D eigenvalue weighted by Gasteiger charge is 2.22. The molecule has 0 aliphatic carbocycles. The molecule has 1 unspecified atom stereocenters. The predicted octanol–water partition coefficient (Wildman–Crippen LogP) is 1.48. The lowest BCUT2D eigenvalue weighted by Gasteiger charge is -2.15. The molecule has 7 nitrogen and oxygen atoms in total. The van der Waals surface area contributed by atoms with Gasteiger partial charge in [-0.1, -0.05) is 13.8 Å². The van der Waals surface area contributed by atoms with Crippen LogP contribution in [-0.4, -0.2) is 36.3 Å². The molecule has 0 aromatic carbocycles. The number of aromatic nitrogens is 5. The minimum Gasteiger partial charge on any atom is -0.481 e. The van der Waals surface area contributed by atoms with Crippen molar-refractivity contribution >= 4 is 5.97 Å². The Kier molecular flexibility index (Phi) is 4.39. The first kappa shape index (κ1) is 14.1. The number of carboxylic acids is 1. The molecule has 0 radical (unpaired) electrons. The van der Waals surface area contributed by atoms with E-state index >= 15 is 0 Å². The van der Waals surface area contributed by atoms with E-state index in [2.05, 4.69) is 20.5 Å². The van der Waals surface area contributed by atoms with Gasteiger partial charge >= 0.3 is 5.97 Å². The van der Waals surface area contributed by atoms with Gasteiger partial charge in [-0.25, -0.2) is 4.68 Å². The summed E-state index contributed by atoms with van der Waals surface area (Å²) in [4.78, 5) is 15.3. The first-order valence-corrected chi connectivity index (χ1v) is 6.47. The number of nitrogens with zero attached hydrogens (tertiary/aromatic N) is 5. The summed E-state index contributed by atoms with van der Waals surface area (Å²) in [6.45, 7) is 4.26. The molecule has 0 fully saturated rings. The first-order valence-electron chi connectivity index (χ1n) is 6.47. The van der Waals surface area contributed by atoms with E-state index in [9.17, 15) is 9.90 Å². The highest BCUT2D eigenvalue weighted by atomic mass is 16.4. The topological polar surface area (TPSA) is 93.8 Å². The predicted molar refractivity (Wildman–Crippen MR) is 71.6 cm³/mol. The summed E-state index contributed by atoms with van der Waals surface area (Å²) in [5, 5.41) is 20.8. The third-order valence-electron chi connectivity index (χ3n) is 2.97. The molecule has 0 saturated carbocycles. The van der Waals surface area contributed by atoms with E-state index in [0.717, 1.165) is 5.56 Å². The molecule has 0 saturated heterocycles. The number of carbonyl (C=O) groups is 1. The van der Waals surface area contributed by atoms with Gasteiger partial charge in [0.05, 0.1) is 12.5 Å². The van der Waals surface area contributed by atoms with Crippen molar-refractivity contribution < 1.29 is 9.90 Å². The van der Waals surface area contributed by atoms with Crippen molar-refractivity contribution in [1.82, 2.24) is 25.2 Å². The van der Waals surface area contributed by atoms with Crippen molar-refractivity contribution in [2.24, 2.45) is 11.8 Å². The molecule has 1 atom stereocenters. The fourth-order valence-corrected chi connectivity index (χ4v) is 2.07. The monoisotopic (exact) mass is 275 g/mol. The van der Waals surface area contributed by atoms with Crippen LogP contribution in [0.2, 0.25) is 0 Å². The average Bonchev–Trinajstić information content (AvgIpc) is 2.86. The molecule has 0 spiro atoms. The Bertz CT molecular complexity index is 567. The molecule has 2 rings (SSSR count). The summed E-state index contributed by atoms with van der Waals surface area (Å²) in [7, 11) is 0. The van der Waals surface area contributed by atoms with Gasteiger partial charge in [-0.15, -0.1) is 5.10 Å². The minimum absolute atomic E-state index is 0.262. The van der Waals surface area contributed by atoms with Crippen molar-refractivity contribution in [1.29, 1.82) is 0 Å². The second-order valence-corrected chi connectivity index (χ2v) is 5.09. The maximum absolute atomic E-state index is 11.3. The molecule has 0 amide bonds. The Morgan fingerprint density at radius 2 is 2.05 bits per heavy atom. The Labute approximate surface area is 116 Å². The Morgan fingerprint density at radius 3 is 2.65 bits per heavy atom. The second kappa shape index (κ2) is 6.23. The zero-order valence-electron chi connectivity index (χ0n) is 11.5. The summed E-state index contributed by atoms with van der Waals surface area (Å²) in [6.07, 6.45) is 3.89. The highest BCUT2D eigenvalue weighted by Crippen LogP contribution is 2.18. The van der Waals surface area contributed by atoms with Crippen LogP contribution < -0.4 is 0 Å². The van der Waals surface area contributed by atoms with Gasteiger partial charge in [0.25, 0.3) is 0 Å². The van der Waals surface area contributed by atoms with Gasteiger partial charge < -0.3 is 5.11 Å². The molecule has 20 heavy (non-hydrogen) atoms. The maximum Gasteiger partial charge on any atom is 0.308 e. The van der Waals surface area contributed by atoms with E-state index in [1.54, 1.807) is 24.5 Å². The van der Waals surface area contributed by atoms with Crippen LogP contribution in [0.1, 0.15) is 20.3 Å². The van der Waals surface area contributed by atoms with Crippen molar-refractivity contribution in [2.45, 2.75) is 26.8 Å². The Balaban J connectivity index is 2.22. The normalized spacial score (nSPS) is 12.6. The molecule has 7 heteroatoms. The Hall–Kier alpha value is -2.31. The van der Waals surface area contributed by atoms with E-state index in [0.29, 0.717) is 18.2 Å². The third kappa shape index (κ3) is 3.37. The van der Waals surface area contributed by atoms with Gasteiger partial charge in [0.1, 0.15) is 0 Å². The fraction of sp³-hybridized carbons (Fsp3) is 0.462. The summed E-state index contributed by atoms with van der Waals surface area (Å²) >= 11 is 0. The molecule has 1 N–H and O–H groups in total.